The number of benzene rings is 2. The second-order valence-electron chi connectivity index (χ2n) is 4.30. The number of amides is 1. The zero-order valence-electron chi connectivity index (χ0n) is 11.1. The van der Waals surface area contributed by atoms with Gasteiger partial charge < -0.3 is 0 Å². The Kier molecular flexibility index (Phi) is 5.17. The van der Waals surface area contributed by atoms with E-state index in [0.717, 1.165) is 21.3 Å². The number of hydrogen-bond donors (Lipinski definition) is 1. The molecule has 0 aliphatic rings. The average molecular weight is 418 g/mol. The van der Waals surface area contributed by atoms with Gasteiger partial charge in [-0.15, -0.1) is 0 Å². The first-order chi connectivity index (χ1) is 10.4. The molecule has 0 aliphatic heterocycles. The maximum absolute atomic E-state index is 12.6. The van der Waals surface area contributed by atoms with Crippen LogP contribution in [0.1, 0.15) is 21.5 Å². The summed E-state index contributed by atoms with van der Waals surface area (Å²) in [6.45, 7) is 0. The minimum atomic E-state index is -4.49. The van der Waals surface area contributed by atoms with Gasteiger partial charge in [0.1, 0.15) is 0 Å². The van der Waals surface area contributed by atoms with E-state index in [1.54, 1.807) is 0 Å². The van der Waals surface area contributed by atoms with Crippen LogP contribution in [0.15, 0.2) is 53.6 Å². The largest absolute Gasteiger partial charge is 0.416 e. The highest BCUT2D eigenvalue weighted by molar-refractivity contribution is 14.1. The van der Waals surface area contributed by atoms with E-state index in [0.29, 0.717) is 0 Å². The van der Waals surface area contributed by atoms with Gasteiger partial charge in [-0.2, -0.15) is 18.3 Å². The summed E-state index contributed by atoms with van der Waals surface area (Å²) in [6, 6.07) is 11.5. The van der Waals surface area contributed by atoms with E-state index in [1.807, 2.05) is 24.3 Å². The fourth-order valence-electron chi connectivity index (χ4n) is 1.64. The van der Waals surface area contributed by atoms with Crippen LogP contribution < -0.4 is 5.43 Å². The maximum Gasteiger partial charge on any atom is 0.416 e. The second kappa shape index (κ2) is 6.91. The van der Waals surface area contributed by atoms with E-state index < -0.39 is 17.6 Å². The lowest BCUT2D eigenvalue weighted by atomic mass is 10.1. The summed E-state index contributed by atoms with van der Waals surface area (Å²) in [6.07, 6.45) is -3.05. The Bertz CT molecular complexity index is 714. The number of hydrazone groups is 1. The summed E-state index contributed by atoms with van der Waals surface area (Å²) in [5.74, 6) is -0.701. The molecule has 0 heterocycles. The van der Waals surface area contributed by atoms with Gasteiger partial charge in [0.05, 0.1) is 11.8 Å². The van der Waals surface area contributed by atoms with E-state index in [-0.39, 0.29) is 5.56 Å². The third-order valence-electron chi connectivity index (χ3n) is 2.73. The van der Waals surface area contributed by atoms with Gasteiger partial charge in [-0.25, -0.2) is 5.43 Å². The van der Waals surface area contributed by atoms with Crippen molar-refractivity contribution in [2.45, 2.75) is 6.18 Å². The molecule has 0 fully saturated rings. The van der Waals surface area contributed by atoms with Gasteiger partial charge in [0, 0.05) is 14.7 Å². The summed E-state index contributed by atoms with van der Waals surface area (Å²) in [7, 11) is 0. The Morgan fingerprint density at radius 3 is 2.55 bits per heavy atom. The number of carbonyl (C=O) groups is 1. The molecular formula is C15H10F3IN2O. The van der Waals surface area contributed by atoms with Gasteiger partial charge in [0.2, 0.25) is 0 Å². The zero-order chi connectivity index (χ0) is 16.2. The summed E-state index contributed by atoms with van der Waals surface area (Å²) in [5.41, 5.74) is 2.04. The van der Waals surface area contributed by atoms with Gasteiger partial charge in [0.15, 0.2) is 0 Å². The van der Waals surface area contributed by atoms with Crippen LogP contribution in [0.25, 0.3) is 0 Å². The Morgan fingerprint density at radius 2 is 1.86 bits per heavy atom. The van der Waals surface area contributed by atoms with E-state index in [1.165, 1.54) is 18.3 Å². The van der Waals surface area contributed by atoms with Crippen LogP contribution in [0.5, 0.6) is 0 Å². The molecule has 0 radical (unpaired) electrons. The summed E-state index contributed by atoms with van der Waals surface area (Å²) < 4.78 is 38.7. The molecule has 2 aromatic carbocycles. The highest BCUT2D eigenvalue weighted by Crippen LogP contribution is 2.29. The van der Waals surface area contributed by atoms with Crippen molar-refractivity contribution in [3.8, 4) is 0 Å². The Balaban J connectivity index is 2.09. The van der Waals surface area contributed by atoms with Gasteiger partial charge >= 0.3 is 6.18 Å². The SMILES string of the molecule is O=C(N/N=C\c1ccccc1I)c1cccc(C(F)(F)F)c1. The molecule has 0 bridgehead atoms. The van der Waals surface area contributed by atoms with Gasteiger partial charge in [-0.3, -0.25) is 4.79 Å². The van der Waals surface area contributed by atoms with E-state index in [9.17, 15) is 18.0 Å². The molecule has 2 rings (SSSR count). The normalized spacial score (nSPS) is 11.6. The van der Waals surface area contributed by atoms with E-state index in [4.69, 9.17) is 0 Å². The molecule has 2 aromatic rings. The fourth-order valence-corrected chi connectivity index (χ4v) is 2.17. The number of nitrogens with one attached hydrogen (secondary N) is 1. The number of carbonyl (C=O) groups excluding carboxylic acids is 1. The third kappa shape index (κ3) is 4.30. The fraction of sp³-hybridized carbons (Fsp3) is 0.0667. The van der Waals surface area contributed by atoms with Crippen LogP contribution in [0.3, 0.4) is 0 Å². The lowest BCUT2D eigenvalue weighted by Gasteiger charge is -2.07. The third-order valence-corrected chi connectivity index (χ3v) is 3.71. The molecule has 1 N–H and O–H groups in total. The number of rotatable bonds is 3. The maximum atomic E-state index is 12.6. The molecule has 1 amide bonds. The molecule has 22 heavy (non-hydrogen) atoms. The zero-order valence-corrected chi connectivity index (χ0v) is 13.2. The van der Waals surface area contributed by atoms with Crippen molar-refractivity contribution in [3.05, 3.63) is 68.8 Å². The minimum absolute atomic E-state index is 0.102. The first-order valence-electron chi connectivity index (χ1n) is 6.13. The molecule has 0 spiro atoms. The molecule has 7 heteroatoms. The molecule has 114 valence electrons. The first-order valence-corrected chi connectivity index (χ1v) is 7.21. The smallest absolute Gasteiger partial charge is 0.267 e. The second-order valence-corrected chi connectivity index (χ2v) is 5.46. The van der Waals surface area contributed by atoms with Crippen molar-refractivity contribution in [2.24, 2.45) is 5.10 Å². The lowest BCUT2D eigenvalue weighted by Crippen LogP contribution is -2.18. The van der Waals surface area contributed by atoms with E-state index in [2.05, 4.69) is 33.1 Å². The number of alkyl halides is 3. The monoisotopic (exact) mass is 418 g/mol. The summed E-state index contributed by atoms with van der Waals surface area (Å²) in [4.78, 5) is 11.8. The van der Waals surface area contributed by atoms with Crippen LogP contribution in [-0.2, 0) is 6.18 Å². The lowest BCUT2D eigenvalue weighted by molar-refractivity contribution is -0.137. The van der Waals surface area contributed by atoms with Crippen LogP contribution in [0, 0.1) is 3.57 Å². The first kappa shape index (κ1) is 16.5. The van der Waals surface area contributed by atoms with Crippen LogP contribution in [-0.4, -0.2) is 12.1 Å². The number of halogens is 4. The highest BCUT2D eigenvalue weighted by Gasteiger charge is 2.30. The van der Waals surface area contributed by atoms with Crippen LogP contribution >= 0.6 is 22.6 Å². The predicted molar refractivity (Wildman–Crippen MR) is 85.7 cm³/mol. The molecule has 0 saturated carbocycles. The summed E-state index contributed by atoms with van der Waals surface area (Å²) in [5, 5.41) is 3.76. The average Bonchev–Trinajstić information content (AvgIpc) is 2.48. The molecule has 0 aromatic heterocycles. The predicted octanol–water partition coefficient (Wildman–Crippen LogP) is 4.07. The molecule has 3 nitrogen and oxygen atoms in total. The van der Waals surface area contributed by atoms with Crippen molar-refractivity contribution < 1.29 is 18.0 Å². The Hall–Kier alpha value is -1.90. The quantitative estimate of drug-likeness (QED) is 0.456. The highest BCUT2D eigenvalue weighted by atomic mass is 127. The number of hydrogen-bond acceptors (Lipinski definition) is 2. The molecule has 0 atom stereocenters. The molecule has 0 unspecified atom stereocenters. The van der Waals surface area contributed by atoms with Crippen molar-refractivity contribution in [1.29, 1.82) is 0 Å². The van der Waals surface area contributed by atoms with Crippen LogP contribution in [0.4, 0.5) is 13.2 Å². The molecule has 0 aliphatic carbocycles. The van der Waals surface area contributed by atoms with E-state index >= 15 is 0 Å². The van der Waals surface area contributed by atoms with Gasteiger partial charge in [-0.1, -0.05) is 24.3 Å². The molecule has 0 saturated heterocycles. The van der Waals surface area contributed by atoms with Crippen LogP contribution in [0.2, 0.25) is 0 Å². The topological polar surface area (TPSA) is 41.5 Å². The Morgan fingerprint density at radius 1 is 1.14 bits per heavy atom. The van der Waals surface area contributed by atoms with Gasteiger partial charge in [0.25, 0.3) is 5.91 Å². The van der Waals surface area contributed by atoms with Crippen molar-refractivity contribution in [3.63, 3.8) is 0 Å². The van der Waals surface area contributed by atoms with Crippen molar-refractivity contribution in [1.82, 2.24) is 5.43 Å². The minimum Gasteiger partial charge on any atom is -0.267 e. The van der Waals surface area contributed by atoms with Gasteiger partial charge in [-0.05, 0) is 46.9 Å². The van der Waals surface area contributed by atoms with Crippen molar-refractivity contribution in [2.75, 3.05) is 0 Å². The standard InChI is InChI=1S/C15H10F3IN2O/c16-15(17,18)12-6-3-5-10(8-12)14(22)21-20-9-11-4-1-2-7-13(11)19/h1-9H,(H,21,22)/b20-9-. The molecular weight excluding hydrogens is 408 g/mol. The Labute approximate surface area is 138 Å². The summed E-state index contributed by atoms with van der Waals surface area (Å²) >= 11 is 2.11. The van der Waals surface area contributed by atoms with Crippen molar-refractivity contribution >= 4 is 34.7 Å². The number of nitrogens with zero attached hydrogens (tertiary/aromatic N) is 1.